The number of imidazole rings is 1. The van der Waals surface area contributed by atoms with Crippen LogP contribution in [0.1, 0.15) is 50.9 Å². The van der Waals surface area contributed by atoms with E-state index >= 15 is 0 Å². The topological polar surface area (TPSA) is 40.7 Å². The maximum absolute atomic E-state index is 4.79. The molecule has 1 heterocycles. The van der Waals surface area contributed by atoms with E-state index < -0.39 is 0 Å². The highest BCUT2D eigenvalue weighted by Gasteiger charge is 2.29. The Kier molecular flexibility index (Phi) is 6.08. The van der Waals surface area contributed by atoms with Crippen LogP contribution in [0, 0.1) is 17.8 Å². The number of benzene rings is 2. The molecular formula is C27H33N3. The molecular weight excluding hydrogens is 366 g/mol. The number of H-pyrrole nitrogens is 1. The zero-order valence-corrected chi connectivity index (χ0v) is 18.2. The first-order valence-electron chi connectivity index (χ1n) is 11.2. The van der Waals surface area contributed by atoms with Gasteiger partial charge in [0.25, 0.3) is 0 Å². The summed E-state index contributed by atoms with van der Waals surface area (Å²) in [6.07, 6.45) is 5.49. The van der Waals surface area contributed by atoms with Gasteiger partial charge in [0.05, 0.1) is 11.0 Å². The van der Waals surface area contributed by atoms with Gasteiger partial charge >= 0.3 is 0 Å². The van der Waals surface area contributed by atoms with Gasteiger partial charge in [0, 0.05) is 17.8 Å². The van der Waals surface area contributed by atoms with Crippen molar-refractivity contribution >= 4 is 16.7 Å². The van der Waals surface area contributed by atoms with Crippen molar-refractivity contribution in [2.75, 3.05) is 5.32 Å². The van der Waals surface area contributed by atoms with E-state index in [1.165, 1.54) is 30.4 Å². The summed E-state index contributed by atoms with van der Waals surface area (Å²) in [7, 11) is 0. The second-order valence-corrected chi connectivity index (χ2v) is 8.97. The summed E-state index contributed by atoms with van der Waals surface area (Å²) in [6, 6.07) is 16.7. The number of aromatic amines is 1. The molecule has 0 amide bonds. The predicted octanol–water partition coefficient (Wildman–Crippen LogP) is 7.10. The van der Waals surface area contributed by atoms with Crippen molar-refractivity contribution in [1.29, 1.82) is 0 Å². The quantitative estimate of drug-likeness (QED) is 0.416. The van der Waals surface area contributed by atoms with Gasteiger partial charge in [0.2, 0.25) is 0 Å². The summed E-state index contributed by atoms with van der Waals surface area (Å²) in [6.45, 7) is 13.4. The molecule has 3 heteroatoms. The van der Waals surface area contributed by atoms with Crippen molar-refractivity contribution in [3.05, 3.63) is 84.3 Å². The lowest BCUT2D eigenvalue weighted by atomic mass is 9.70. The maximum atomic E-state index is 4.79. The molecule has 3 unspecified atom stereocenters. The molecule has 3 nitrogen and oxygen atoms in total. The van der Waals surface area contributed by atoms with Gasteiger partial charge in [-0.3, -0.25) is 0 Å². The highest BCUT2D eigenvalue weighted by molar-refractivity contribution is 5.79. The lowest BCUT2D eigenvalue weighted by Gasteiger charge is -2.36. The highest BCUT2D eigenvalue weighted by Crippen LogP contribution is 2.41. The second-order valence-electron chi connectivity index (χ2n) is 8.97. The number of hydrogen-bond acceptors (Lipinski definition) is 2. The summed E-state index contributed by atoms with van der Waals surface area (Å²) >= 11 is 0. The van der Waals surface area contributed by atoms with Gasteiger partial charge in [-0.25, -0.2) is 4.98 Å². The van der Waals surface area contributed by atoms with E-state index in [1.54, 1.807) is 0 Å². The third-order valence-electron chi connectivity index (χ3n) is 6.58. The number of nitrogens with one attached hydrogen (secondary N) is 2. The Balaban J connectivity index is 1.41. The summed E-state index contributed by atoms with van der Waals surface area (Å²) in [4.78, 5) is 8.23. The smallest absolute Gasteiger partial charge is 0.111 e. The van der Waals surface area contributed by atoms with Crippen molar-refractivity contribution in [3.63, 3.8) is 0 Å². The van der Waals surface area contributed by atoms with E-state index in [9.17, 15) is 0 Å². The lowest BCUT2D eigenvalue weighted by molar-refractivity contribution is 0.252. The van der Waals surface area contributed by atoms with Crippen LogP contribution in [0.3, 0.4) is 0 Å². The van der Waals surface area contributed by atoms with E-state index in [-0.39, 0.29) is 0 Å². The van der Waals surface area contributed by atoms with Crippen molar-refractivity contribution < 1.29 is 0 Å². The highest BCUT2D eigenvalue weighted by atomic mass is 14.9. The first kappa shape index (κ1) is 20.5. The molecule has 2 aromatic carbocycles. The van der Waals surface area contributed by atoms with Crippen LogP contribution in [0.15, 0.2) is 73.0 Å². The second kappa shape index (κ2) is 8.91. The Labute approximate surface area is 180 Å². The third-order valence-corrected chi connectivity index (χ3v) is 6.58. The zero-order valence-electron chi connectivity index (χ0n) is 18.2. The van der Waals surface area contributed by atoms with E-state index in [0.29, 0.717) is 11.8 Å². The predicted molar refractivity (Wildman–Crippen MR) is 128 cm³/mol. The fourth-order valence-corrected chi connectivity index (χ4v) is 4.88. The van der Waals surface area contributed by atoms with Gasteiger partial charge in [-0.05, 0) is 60.8 Å². The van der Waals surface area contributed by atoms with E-state index in [0.717, 1.165) is 47.0 Å². The van der Waals surface area contributed by atoms with Crippen LogP contribution in [-0.4, -0.2) is 9.97 Å². The number of fused-ring (bicyclic) bond motifs is 1. The van der Waals surface area contributed by atoms with Gasteiger partial charge in [0.15, 0.2) is 0 Å². The average molecular weight is 400 g/mol. The number of rotatable bonds is 7. The van der Waals surface area contributed by atoms with Crippen LogP contribution in [-0.2, 0) is 6.42 Å². The minimum Gasteiger partial charge on any atom is -0.359 e. The fourth-order valence-electron chi connectivity index (χ4n) is 4.88. The molecule has 0 saturated heterocycles. The molecule has 1 aromatic heterocycles. The molecule has 0 radical (unpaired) electrons. The van der Waals surface area contributed by atoms with Crippen LogP contribution in [0.5, 0.6) is 0 Å². The average Bonchev–Trinajstić information content (AvgIpc) is 3.12. The summed E-state index contributed by atoms with van der Waals surface area (Å²) in [5, 5.41) is 3.52. The Morgan fingerprint density at radius 2 is 2.00 bits per heavy atom. The molecule has 30 heavy (non-hydrogen) atoms. The number of anilines is 1. The van der Waals surface area contributed by atoms with E-state index in [4.69, 9.17) is 4.98 Å². The normalized spacial score (nSPS) is 21.7. The van der Waals surface area contributed by atoms with Crippen LogP contribution in [0.2, 0.25) is 0 Å². The third kappa shape index (κ3) is 4.67. The number of hydrogen-bond donors (Lipinski definition) is 2. The molecule has 3 aromatic rings. The van der Waals surface area contributed by atoms with Crippen molar-refractivity contribution in [2.45, 2.75) is 46.0 Å². The van der Waals surface area contributed by atoms with Crippen molar-refractivity contribution in [3.8, 4) is 0 Å². The molecule has 0 aliphatic heterocycles. The Hall–Kier alpha value is -2.81. The van der Waals surface area contributed by atoms with Crippen molar-refractivity contribution in [1.82, 2.24) is 9.97 Å². The molecule has 1 aliphatic rings. The standard InChI is InChI=1S/C27H33N3/c1-5-21-13-18(2)24(19(3)14-21)15-20(4)28-23-11-12-25-26(17-23)30-27(29-25)16-22-9-7-6-8-10-22/h6-12,17,19,21,24,28H,2,4-5,13-16H2,1,3H3,(H,29,30). The molecule has 1 fully saturated rings. The van der Waals surface area contributed by atoms with E-state index in [1.807, 2.05) is 6.07 Å². The summed E-state index contributed by atoms with van der Waals surface area (Å²) < 4.78 is 0. The Morgan fingerprint density at radius 3 is 2.73 bits per heavy atom. The number of nitrogens with zero attached hydrogens (tertiary/aromatic N) is 1. The summed E-state index contributed by atoms with van der Waals surface area (Å²) in [5.41, 5.74) is 6.82. The minimum atomic E-state index is 0.527. The first-order valence-corrected chi connectivity index (χ1v) is 11.2. The molecule has 0 spiro atoms. The maximum Gasteiger partial charge on any atom is 0.111 e. The molecule has 2 N–H and O–H groups in total. The monoisotopic (exact) mass is 399 g/mol. The molecule has 4 rings (SSSR count). The van der Waals surface area contributed by atoms with Crippen LogP contribution in [0.4, 0.5) is 5.69 Å². The Bertz CT molecular complexity index is 1030. The van der Waals surface area contributed by atoms with Gasteiger partial charge in [-0.2, -0.15) is 0 Å². The minimum absolute atomic E-state index is 0.527. The van der Waals surface area contributed by atoms with Crippen LogP contribution >= 0.6 is 0 Å². The largest absolute Gasteiger partial charge is 0.359 e. The molecule has 3 atom stereocenters. The molecule has 156 valence electrons. The SMILES string of the molecule is C=C(CC1C(=C)CC(CC)CC1C)Nc1ccc2[nH]c(Cc3ccccc3)nc2c1. The number of allylic oxidation sites excluding steroid dienone is 2. The molecule has 0 bridgehead atoms. The van der Waals surface area contributed by atoms with Crippen LogP contribution < -0.4 is 5.32 Å². The van der Waals surface area contributed by atoms with Gasteiger partial charge in [-0.15, -0.1) is 0 Å². The van der Waals surface area contributed by atoms with E-state index in [2.05, 4.69) is 79.8 Å². The summed E-state index contributed by atoms with van der Waals surface area (Å²) in [5.74, 6) is 2.99. The van der Waals surface area contributed by atoms with Crippen LogP contribution in [0.25, 0.3) is 11.0 Å². The molecule has 1 aliphatic carbocycles. The first-order chi connectivity index (χ1) is 14.5. The van der Waals surface area contributed by atoms with Gasteiger partial charge < -0.3 is 10.3 Å². The van der Waals surface area contributed by atoms with Gasteiger partial charge in [0.1, 0.15) is 5.82 Å². The molecule has 1 saturated carbocycles. The van der Waals surface area contributed by atoms with Crippen molar-refractivity contribution in [2.24, 2.45) is 17.8 Å². The zero-order chi connectivity index (χ0) is 21.1. The Morgan fingerprint density at radius 1 is 1.20 bits per heavy atom. The number of aromatic nitrogens is 2. The lowest BCUT2D eigenvalue weighted by Crippen LogP contribution is -2.25. The van der Waals surface area contributed by atoms with Gasteiger partial charge in [-0.1, -0.05) is 69.3 Å². The fraction of sp³-hybridized carbons (Fsp3) is 0.370.